The lowest BCUT2D eigenvalue weighted by Crippen LogP contribution is -2.29. The number of benzene rings is 2. The second kappa shape index (κ2) is 14.3. The van der Waals surface area contributed by atoms with Gasteiger partial charge in [0.15, 0.2) is 0 Å². The van der Waals surface area contributed by atoms with Gasteiger partial charge in [-0.05, 0) is 67.6 Å². The van der Waals surface area contributed by atoms with Crippen LogP contribution in [-0.2, 0) is 21.1 Å². The molecular weight excluding hydrogens is 500 g/mol. The van der Waals surface area contributed by atoms with Crippen LogP contribution in [0.4, 0.5) is 0 Å². The molecular formula is C29H36N4O4S. The lowest BCUT2D eigenvalue weighted by Gasteiger charge is -2.18. The Labute approximate surface area is 225 Å². The van der Waals surface area contributed by atoms with Crippen molar-refractivity contribution in [3.05, 3.63) is 94.3 Å². The number of nitrogens with one attached hydrogen (secondary N) is 1. The van der Waals surface area contributed by atoms with E-state index in [0.717, 1.165) is 39.3 Å². The summed E-state index contributed by atoms with van der Waals surface area (Å²) in [6.45, 7) is 7.82. The lowest BCUT2D eigenvalue weighted by molar-refractivity contribution is -0.122. The van der Waals surface area contributed by atoms with Gasteiger partial charge in [0, 0.05) is 25.2 Å². The number of aliphatic hydroxyl groups is 1. The van der Waals surface area contributed by atoms with E-state index < -0.39 is 15.6 Å². The molecule has 2 aromatic carbocycles. The first kappa shape index (κ1) is 30.5. The largest absolute Gasteiger partial charge is 0.489 e. The molecule has 3 rings (SSSR count). The van der Waals surface area contributed by atoms with Crippen molar-refractivity contribution >= 4 is 15.6 Å². The third kappa shape index (κ3) is 8.40. The fourth-order valence-corrected chi connectivity index (χ4v) is 4.62. The van der Waals surface area contributed by atoms with Crippen LogP contribution in [0.5, 0.6) is 5.75 Å². The minimum absolute atomic E-state index is 0.202. The van der Waals surface area contributed by atoms with E-state index in [9.17, 15) is 14.1 Å². The molecule has 1 heterocycles. The fourth-order valence-electron chi connectivity index (χ4n) is 3.65. The number of aryl methyl sites for hydroxylation is 3. The second-order valence-electron chi connectivity index (χ2n) is 9.03. The number of amides is 1. The summed E-state index contributed by atoms with van der Waals surface area (Å²) in [5.74, 6) is 0.0467. The van der Waals surface area contributed by atoms with Crippen LogP contribution in [0.25, 0.3) is 0 Å². The molecule has 38 heavy (non-hydrogen) atoms. The first-order chi connectivity index (χ1) is 18.0. The maximum atomic E-state index is 12.0. The Morgan fingerprint density at radius 2 is 1.89 bits per heavy atom. The predicted octanol–water partition coefficient (Wildman–Crippen LogP) is 4.73. The van der Waals surface area contributed by atoms with Crippen LogP contribution < -0.4 is 10.1 Å². The Hall–Kier alpha value is -3.74. The highest BCUT2D eigenvalue weighted by atomic mass is 32.2. The average Bonchev–Trinajstić information content (AvgIpc) is 2.90. The van der Waals surface area contributed by atoms with E-state index in [4.69, 9.17) is 10.00 Å². The van der Waals surface area contributed by atoms with E-state index >= 15 is 0 Å². The number of rotatable bonds is 8. The van der Waals surface area contributed by atoms with Crippen molar-refractivity contribution in [2.45, 2.75) is 45.5 Å². The van der Waals surface area contributed by atoms with Gasteiger partial charge in [-0.1, -0.05) is 42.5 Å². The predicted molar refractivity (Wildman–Crippen MR) is 150 cm³/mol. The third-order valence-electron chi connectivity index (χ3n) is 6.18. The number of nitrogens with zero attached hydrogens (tertiary/aromatic N) is 3. The summed E-state index contributed by atoms with van der Waals surface area (Å²) in [6, 6.07) is 17.3. The van der Waals surface area contributed by atoms with Crippen LogP contribution in [0.15, 0.2) is 65.2 Å². The Balaban J connectivity index is 0.000000293. The molecule has 0 saturated carbocycles. The minimum Gasteiger partial charge on any atom is -0.489 e. The Bertz CT molecular complexity index is 1390. The Morgan fingerprint density at radius 3 is 2.50 bits per heavy atom. The summed E-state index contributed by atoms with van der Waals surface area (Å²) in [4.78, 5) is 16.1. The smallest absolute Gasteiger partial charge is 0.229 e. The van der Waals surface area contributed by atoms with Gasteiger partial charge >= 0.3 is 0 Å². The molecule has 202 valence electrons. The van der Waals surface area contributed by atoms with Gasteiger partial charge in [0.25, 0.3) is 0 Å². The molecule has 0 aliphatic carbocycles. The monoisotopic (exact) mass is 536 g/mol. The van der Waals surface area contributed by atoms with Gasteiger partial charge in [-0.25, -0.2) is 4.21 Å². The summed E-state index contributed by atoms with van der Waals surface area (Å²) in [5, 5.41) is 20.3. The average molecular weight is 537 g/mol. The fraction of sp³-hybridized carbons (Fsp3) is 0.345. The Morgan fingerprint density at radius 1 is 1.18 bits per heavy atom. The first-order valence-corrected chi connectivity index (χ1v) is 14.1. The SMILES string of the molecule is CNC(=O)C(CO)c1ccccc1COc1cc(C)ccc1C.Cc1ccc(C(C)S(C)(=O)=NC#N)cn1. The minimum atomic E-state index is -2.50. The van der Waals surface area contributed by atoms with Gasteiger partial charge in [0.05, 0.1) is 27.5 Å². The molecule has 0 saturated heterocycles. The van der Waals surface area contributed by atoms with Crippen molar-refractivity contribution in [2.75, 3.05) is 19.9 Å². The summed E-state index contributed by atoms with van der Waals surface area (Å²) < 4.78 is 21.4. The summed E-state index contributed by atoms with van der Waals surface area (Å²) in [6.07, 6.45) is 4.76. The molecule has 9 heteroatoms. The Kier molecular flexibility index (Phi) is 11.4. The van der Waals surface area contributed by atoms with Crippen molar-refractivity contribution in [3.63, 3.8) is 0 Å². The lowest BCUT2D eigenvalue weighted by atomic mass is 9.94. The van der Waals surface area contributed by atoms with Crippen LogP contribution in [0.1, 0.15) is 51.6 Å². The number of likely N-dealkylation sites (N-methyl/N-ethyl adjacent to an activating group) is 1. The summed E-state index contributed by atoms with van der Waals surface area (Å²) in [5.41, 5.74) is 5.64. The number of hydrogen-bond donors (Lipinski definition) is 2. The first-order valence-electron chi connectivity index (χ1n) is 12.2. The highest BCUT2D eigenvalue weighted by Crippen LogP contribution is 2.25. The van der Waals surface area contributed by atoms with Gasteiger partial charge < -0.3 is 15.2 Å². The van der Waals surface area contributed by atoms with Gasteiger partial charge in [0.1, 0.15) is 12.4 Å². The molecule has 0 aliphatic heterocycles. The van der Waals surface area contributed by atoms with E-state index in [0.29, 0.717) is 6.61 Å². The number of pyridine rings is 1. The number of carbonyl (C=O) groups is 1. The molecule has 0 radical (unpaired) electrons. The van der Waals surface area contributed by atoms with Crippen molar-refractivity contribution in [1.82, 2.24) is 10.3 Å². The molecule has 0 aliphatic rings. The third-order valence-corrected chi connectivity index (χ3v) is 8.21. The summed E-state index contributed by atoms with van der Waals surface area (Å²) in [7, 11) is -0.933. The van der Waals surface area contributed by atoms with E-state index in [1.54, 1.807) is 26.4 Å². The van der Waals surface area contributed by atoms with E-state index in [1.807, 2.05) is 75.4 Å². The maximum absolute atomic E-state index is 12.0. The molecule has 8 nitrogen and oxygen atoms in total. The standard InChI is InChI=1S/C19H23NO3.C10H13N3OS/c1-13-8-9-14(2)18(10-13)23-12-15-6-4-5-7-16(15)17(11-21)19(22)20-3;1-8-4-5-10(6-12-8)9(2)15(3,14)13-7-11/h4-10,17,21H,11-12H2,1-3H3,(H,20,22);4-6,9H,1-3H3. The number of nitriles is 1. The highest BCUT2D eigenvalue weighted by Gasteiger charge is 2.21. The zero-order valence-electron chi connectivity index (χ0n) is 22.8. The van der Waals surface area contributed by atoms with Gasteiger partial charge in [-0.15, -0.1) is 4.36 Å². The zero-order chi connectivity index (χ0) is 28.3. The van der Waals surface area contributed by atoms with Crippen molar-refractivity contribution in [3.8, 4) is 11.9 Å². The maximum Gasteiger partial charge on any atom is 0.229 e. The van der Waals surface area contributed by atoms with Crippen molar-refractivity contribution < 1.29 is 18.8 Å². The van der Waals surface area contributed by atoms with Crippen LogP contribution in [0.2, 0.25) is 0 Å². The number of aromatic nitrogens is 1. The van der Waals surface area contributed by atoms with Crippen LogP contribution in [0, 0.1) is 32.2 Å². The molecule has 1 aromatic heterocycles. The number of aliphatic hydroxyl groups excluding tert-OH is 1. The molecule has 3 aromatic rings. The molecule has 3 atom stereocenters. The van der Waals surface area contributed by atoms with E-state index in [-0.39, 0.29) is 17.8 Å². The second-order valence-corrected chi connectivity index (χ2v) is 11.6. The van der Waals surface area contributed by atoms with E-state index in [2.05, 4.69) is 14.7 Å². The van der Waals surface area contributed by atoms with Gasteiger partial charge in [0.2, 0.25) is 12.1 Å². The highest BCUT2D eigenvalue weighted by molar-refractivity contribution is 7.93. The molecule has 3 unspecified atom stereocenters. The van der Waals surface area contributed by atoms with Crippen LogP contribution in [0.3, 0.4) is 0 Å². The normalized spacial score (nSPS) is 13.5. The zero-order valence-corrected chi connectivity index (χ0v) is 23.6. The van der Waals surface area contributed by atoms with Crippen molar-refractivity contribution in [1.29, 1.82) is 5.26 Å². The van der Waals surface area contributed by atoms with Crippen molar-refractivity contribution in [2.24, 2.45) is 4.36 Å². The number of carbonyl (C=O) groups excluding carboxylic acids is 1. The van der Waals surface area contributed by atoms with Gasteiger partial charge in [-0.2, -0.15) is 5.26 Å². The number of hydrogen-bond acceptors (Lipinski definition) is 7. The van der Waals surface area contributed by atoms with Crippen LogP contribution >= 0.6 is 0 Å². The van der Waals surface area contributed by atoms with Gasteiger partial charge in [-0.3, -0.25) is 9.78 Å². The molecule has 0 spiro atoms. The van der Waals surface area contributed by atoms with E-state index in [1.165, 1.54) is 6.26 Å². The number of ether oxygens (including phenoxy) is 1. The molecule has 0 fully saturated rings. The molecule has 2 N–H and O–H groups in total. The van der Waals surface area contributed by atoms with Crippen LogP contribution in [-0.4, -0.2) is 40.1 Å². The molecule has 1 amide bonds. The topological polar surface area (TPSA) is 125 Å². The quantitative estimate of drug-likeness (QED) is 0.401. The molecule has 0 bridgehead atoms. The summed E-state index contributed by atoms with van der Waals surface area (Å²) >= 11 is 0.